The maximum Gasteiger partial charge on any atom is 0.322 e. The summed E-state index contributed by atoms with van der Waals surface area (Å²) < 4.78 is 5.86. The molecule has 0 saturated carbocycles. The van der Waals surface area contributed by atoms with Crippen LogP contribution in [0.15, 0.2) is 36.5 Å². The summed E-state index contributed by atoms with van der Waals surface area (Å²) in [5.74, 6) is -1.33. The number of esters is 1. The quantitative estimate of drug-likeness (QED) is 0.0526. The highest BCUT2D eigenvalue weighted by atomic mass is 16.5. The van der Waals surface area contributed by atoms with Gasteiger partial charge in [-0.1, -0.05) is 108 Å². The molecule has 0 fully saturated rings. The number of carbonyl (C=O) groups is 3. The van der Waals surface area contributed by atoms with Gasteiger partial charge in [0.15, 0.2) is 0 Å². The van der Waals surface area contributed by atoms with Crippen LogP contribution in [0.5, 0.6) is 0 Å². The highest BCUT2D eigenvalue weighted by Gasteiger charge is 2.14. The van der Waals surface area contributed by atoms with Crippen LogP contribution in [0, 0.1) is 0 Å². The van der Waals surface area contributed by atoms with E-state index in [0.29, 0.717) is 19.3 Å². The highest BCUT2D eigenvalue weighted by Crippen LogP contribution is 2.17. The maximum absolute atomic E-state index is 12.5. The van der Waals surface area contributed by atoms with Gasteiger partial charge in [0.25, 0.3) is 0 Å². The lowest BCUT2D eigenvalue weighted by molar-refractivity contribution is -0.150. The Bertz CT molecular complexity index is 728. The number of allylic oxidation sites excluding steroid dienone is 6. The van der Waals surface area contributed by atoms with E-state index in [2.05, 4.69) is 55.6 Å². The van der Waals surface area contributed by atoms with E-state index < -0.39 is 5.97 Å². The number of carboxylic acids is 1. The Kier molecular flexibility index (Phi) is 28.8. The van der Waals surface area contributed by atoms with Gasteiger partial charge in [0.05, 0.1) is 0 Å². The van der Waals surface area contributed by atoms with Crippen LogP contribution in [-0.4, -0.2) is 35.6 Å². The Hall–Kier alpha value is -2.37. The van der Waals surface area contributed by atoms with Crippen LogP contribution < -0.4 is 5.32 Å². The van der Waals surface area contributed by atoms with E-state index in [9.17, 15) is 14.4 Å². The minimum atomic E-state index is -1.03. The lowest BCUT2D eigenvalue weighted by atomic mass is 10.0. The fourth-order valence-electron chi connectivity index (χ4n) is 4.64. The molecule has 0 spiro atoms. The first-order valence-corrected chi connectivity index (χ1v) is 16.6. The van der Waals surface area contributed by atoms with E-state index in [1.165, 1.54) is 51.4 Å². The van der Waals surface area contributed by atoms with Crippen LogP contribution in [0.4, 0.5) is 0 Å². The minimum Gasteiger partial charge on any atom is -0.480 e. The van der Waals surface area contributed by atoms with Crippen molar-refractivity contribution in [1.82, 2.24) is 5.32 Å². The SMILES string of the molecule is CC/C=C\C/C=C\C/C=C\CCCCCCCCCC(=O)OC(CCCCCC)CCCCCC(=O)NCC(=O)O. The van der Waals surface area contributed by atoms with Gasteiger partial charge in [-0.3, -0.25) is 14.4 Å². The molecule has 1 amide bonds. The molecule has 1 atom stereocenters. The van der Waals surface area contributed by atoms with Crippen LogP contribution in [0.25, 0.3) is 0 Å². The third-order valence-electron chi connectivity index (χ3n) is 7.08. The molecule has 0 aromatic carbocycles. The number of nitrogens with one attached hydrogen (secondary N) is 1. The zero-order valence-electron chi connectivity index (χ0n) is 26.4. The lowest BCUT2D eigenvalue weighted by Gasteiger charge is -2.18. The molecule has 0 aliphatic heterocycles. The first-order valence-electron chi connectivity index (χ1n) is 16.6. The van der Waals surface area contributed by atoms with Crippen molar-refractivity contribution < 1.29 is 24.2 Å². The zero-order chi connectivity index (χ0) is 30.2. The highest BCUT2D eigenvalue weighted by molar-refractivity contribution is 5.80. The first-order chi connectivity index (χ1) is 20.0. The van der Waals surface area contributed by atoms with Crippen LogP contribution in [-0.2, 0) is 19.1 Å². The molecule has 0 saturated heterocycles. The Labute approximate surface area is 251 Å². The first kappa shape index (κ1) is 38.6. The van der Waals surface area contributed by atoms with Gasteiger partial charge in [-0.2, -0.15) is 0 Å². The molecule has 6 heteroatoms. The maximum atomic E-state index is 12.5. The Balaban J connectivity index is 3.91. The van der Waals surface area contributed by atoms with Crippen molar-refractivity contribution >= 4 is 17.8 Å². The van der Waals surface area contributed by atoms with Gasteiger partial charge < -0.3 is 15.2 Å². The van der Waals surface area contributed by atoms with E-state index >= 15 is 0 Å². The molecule has 0 aromatic heterocycles. The topological polar surface area (TPSA) is 92.7 Å². The van der Waals surface area contributed by atoms with Crippen molar-refractivity contribution in [2.24, 2.45) is 0 Å². The summed E-state index contributed by atoms with van der Waals surface area (Å²) in [5, 5.41) is 11.0. The number of ether oxygens (including phenoxy) is 1. The Morgan fingerprint density at radius 3 is 1.83 bits per heavy atom. The van der Waals surface area contributed by atoms with E-state index in [1.807, 2.05) is 0 Å². The minimum absolute atomic E-state index is 0.0341. The summed E-state index contributed by atoms with van der Waals surface area (Å²) in [5.41, 5.74) is 0. The number of hydrogen-bond donors (Lipinski definition) is 2. The third kappa shape index (κ3) is 30.4. The molecule has 0 heterocycles. The molecule has 0 aromatic rings. The van der Waals surface area contributed by atoms with Gasteiger partial charge in [0.1, 0.15) is 12.6 Å². The predicted octanol–water partition coefficient (Wildman–Crippen LogP) is 9.39. The van der Waals surface area contributed by atoms with Gasteiger partial charge in [0.2, 0.25) is 5.91 Å². The van der Waals surface area contributed by atoms with E-state index in [-0.39, 0.29) is 24.5 Å². The van der Waals surface area contributed by atoms with Crippen molar-refractivity contribution in [3.05, 3.63) is 36.5 Å². The van der Waals surface area contributed by atoms with Crippen LogP contribution in [0.1, 0.15) is 155 Å². The van der Waals surface area contributed by atoms with Gasteiger partial charge in [-0.15, -0.1) is 0 Å². The summed E-state index contributed by atoms with van der Waals surface area (Å²) in [6, 6.07) is 0. The second-order valence-electron chi connectivity index (χ2n) is 11.0. The molecule has 41 heavy (non-hydrogen) atoms. The van der Waals surface area contributed by atoms with Crippen LogP contribution >= 0.6 is 0 Å². The Morgan fingerprint density at radius 1 is 0.659 bits per heavy atom. The molecule has 236 valence electrons. The smallest absolute Gasteiger partial charge is 0.322 e. The summed E-state index contributed by atoms with van der Waals surface area (Å²) in [6.45, 7) is 4.02. The zero-order valence-corrected chi connectivity index (χ0v) is 26.4. The summed E-state index contributed by atoms with van der Waals surface area (Å²) in [6.07, 6.45) is 35.6. The summed E-state index contributed by atoms with van der Waals surface area (Å²) in [7, 11) is 0. The van der Waals surface area contributed by atoms with Crippen molar-refractivity contribution in [2.45, 2.75) is 161 Å². The Morgan fingerprint density at radius 2 is 1.20 bits per heavy atom. The molecule has 6 nitrogen and oxygen atoms in total. The van der Waals surface area contributed by atoms with Crippen LogP contribution in [0.2, 0.25) is 0 Å². The number of unbranched alkanes of at least 4 members (excludes halogenated alkanes) is 12. The number of hydrogen-bond acceptors (Lipinski definition) is 4. The van der Waals surface area contributed by atoms with E-state index in [4.69, 9.17) is 9.84 Å². The molecule has 1 unspecified atom stereocenters. The number of amides is 1. The van der Waals surface area contributed by atoms with Gasteiger partial charge >= 0.3 is 11.9 Å². The summed E-state index contributed by atoms with van der Waals surface area (Å²) in [4.78, 5) is 34.6. The van der Waals surface area contributed by atoms with Crippen LogP contribution in [0.3, 0.4) is 0 Å². The van der Waals surface area contributed by atoms with Gasteiger partial charge in [-0.05, 0) is 70.6 Å². The van der Waals surface area contributed by atoms with Crippen molar-refractivity contribution in [1.29, 1.82) is 0 Å². The molecule has 0 rings (SSSR count). The molecular formula is C35H61NO5. The van der Waals surface area contributed by atoms with Crippen molar-refractivity contribution in [3.63, 3.8) is 0 Å². The fraction of sp³-hybridized carbons (Fsp3) is 0.743. The average molecular weight is 576 g/mol. The predicted molar refractivity (Wildman–Crippen MR) is 171 cm³/mol. The second-order valence-corrected chi connectivity index (χ2v) is 11.0. The standard InChI is InChI=1S/C35H61NO5/c1-3-5-7-9-10-11-12-13-14-15-16-17-18-19-20-21-26-30-35(40)41-32(27-23-8-6-4-2)28-24-22-25-29-33(37)36-31-34(38)39/h5,7,10-11,13-14,32H,3-4,6,8-9,12,15-31H2,1-2H3,(H,36,37)(H,38,39)/b7-5-,11-10-,14-13-. The van der Waals surface area contributed by atoms with Crippen molar-refractivity contribution in [3.8, 4) is 0 Å². The molecule has 2 N–H and O–H groups in total. The normalized spacial score (nSPS) is 12.4. The number of aliphatic carboxylic acids is 1. The number of carbonyl (C=O) groups excluding carboxylic acids is 2. The molecule has 0 radical (unpaired) electrons. The van der Waals surface area contributed by atoms with E-state index in [0.717, 1.165) is 70.6 Å². The third-order valence-corrected chi connectivity index (χ3v) is 7.08. The van der Waals surface area contributed by atoms with Gasteiger partial charge in [-0.25, -0.2) is 0 Å². The molecular weight excluding hydrogens is 514 g/mol. The molecule has 0 bridgehead atoms. The van der Waals surface area contributed by atoms with Gasteiger partial charge in [0, 0.05) is 12.8 Å². The second kappa shape index (κ2) is 30.6. The average Bonchev–Trinajstić information content (AvgIpc) is 2.95. The van der Waals surface area contributed by atoms with E-state index in [1.54, 1.807) is 0 Å². The summed E-state index contributed by atoms with van der Waals surface area (Å²) >= 11 is 0. The number of rotatable bonds is 29. The molecule has 0 aliphatic rings. The molecule has 0 aliphatic carbocycles. The largest absolute Gasteiger partial charge is 0.480 e. The monoisotopic (exact) mass is 575 g/mol. The lowest BCUT2D eigenvalue weighted by Crippen LogP contribution is -2.28. The fourth-order valence-corrected chi connectivity index (χ4v) is 4.64. The van der Waals surface area contributed by atoms with Crippen molar-refractivity contribution in [2.75, 3.05) is 6.54 Å². The number of carboxylic acid groups (broad SMARTS) is 1.